The van der Waals surface area contributed by atoms with Crippen LogP contribution in [-0.4, -0.2) is 17.7 Å². The fourth-order valence-electron chi connectivity index (χ4n) is 1.29. The van der Waals surface area contributed by atoms with Gasteiger partial charge in [0.2, 0.25) is 5.91 Å². The Morgan fingerprint density at radius 2 is 2.11 bits per heavy atom. The molecule has 0 saturated heterocycles. The lowest BCUT2D eigenvalue weighted by Gasteiger charge is -2.13. The lowest BCUT2D eigenvalue weighted by molar-refractivity contribution is -0.120. The smallest absolute Gasteiger partial charge is 0.233 e. The normalized spacial score (nSPS) is 12.5. The first kappa shape index (κ1) is 15.2. The highest BCUT2D eigenvalue weighted by Crippen LogP contribution is 2.29. The number of thioether (sulfide) groups is 1. The van der Waals surface area contributed by atoms with E-state index < -0.39 is 0 Å². The Kier molecular flexibility index (Phi) is 5.82. The van der Waals surface area contributed by atoms with Crippen molar-refractivity contribution in [3.8, 4) is 0 Å². The quantitative estimate of drug-likeness (QED) is 0.646. The first-order valence-electron chi connectivity index (χ1n) is 5.89. The molecule has 0 spiro atoms. The number of nitrogens with two attached hydrogens (primary N) is 1. The average molecular weight is 287 g/mol. The summed E-state index contributed by atoms with van der Waals surface area (Å²) in [5, 5.41) is 3.28. The zero-order valence-corrected chi connectivity index (χ0v) is 12.4. The highest BCUT2D eigenvalue weighted by Gasteiger charge is 2.14. The van der Waals surface area contributed by atoms with Crippen LogP contribution in [0.3, 0.4) is 0 Å². The van der Waals surface area contributed by atoms with Gasteiger partial charge in [-0.2, -0.15) is 0 Å². The molecule has 0 bridgehead atoms. The van der Waals surface area contributed by atoms with E-state index in [0.29, 0.717) is 23.2 Å². The number of carbonyl (C=O) groups excluding carboxylic acids is 1. The molecule has 0 aromatic heterocycles. The second-order valence-electron chi connectivity index (χ2n) is 4.58. The van der Waals surface area contributed by atoms with Gasteiger partial charge < -0.3 is 11.1 Å². The molecule has 0 fully saturated rings. The zero-order chi connectivity index (χ0) is 13.7. The number of hydrogen-bond acceptors (Lipinski definition) is 3. The van der Waals surface area contributed by atoms with Crippen LogP contribution < -0.4 is 11.1 Å². The van der Waals surface area contributed by atoms with E-state index in [1.807, 2.05) is 13.0 Å². The average Bonchev–Trinajstić information content (AvgIpc) is 2.30. The summed E-state index contributed by atoms with van der Waals surface area (Å²) in [5.74, 6) is 0.499. The second kappa shape index (κ2) is 6.90. The number of nitrogens with one attached hydrogen (secondary N) is 1. The highest BCUT2D eigenvalue weighted by atomic mass is 35.5. The van der Waals surface area contributed by atoms with Crippen molar-refractivity contribution in [1.29, 1.82) is 0 Å². The molecule has 0 aliphatic heterocycles. The summed E-state index contributed by atoms with van der Waals surface area (Å²) in [6, 6.07) is 5.41. The lowest BCUT2D eigenvalue weighted by Crippen LogP contribution is -2.33. The van der Waals surface area contributed by atoms with Crippen LogP contribution in [0.2, 0.25) is 5.02 Å². The predicted octanol–water partition coefficient (Wildman–Crippen LogP) is 3.18. The van der Waals surface area contributed by atoms with Crippen LogP contribution in [0.1, 0.15) is 20.8 Å². The summed E-state index contributed by atoms with van der Waals surface area (Å²) in [5.41, 5.74) is 6.19. The molecule has 1 atom stereocenters. The molecule has 1 aromatic carbocycles. The fraction of sp³-hybridized carbons (Fsp3) is 0.462. The molecular formula is C13H19ClN2OS. The second-order valence-corrected chi connectivity index (χ2v) is 6.40. The molecule has 100 valence electrons. The molecule has 0 aliphatic rings. The van der Waals surface area contributed by atoms with E-state index in [1.165, 1.54) is 11.8 Å². The van der Waals surface area contributed by atoms with Crippen LogP contribution in [0, 0.1) is 5.92 Å². The zero-order valence-electron chi connectivity index (χ0n) is 10.9. The molecule has 1 rings (SSSR count). The Hall–Kier alpha value is -0.870. The minimum atomic E-state index is -0.150. The van der Waals surface area contributed by atoms with Crippen LogP contribution in [0.15, 0.2) is 23.1 Å². The van der Waals surface area contributed by atoms with Crippen molar-refractivity contribution in [1.82, 2.24) is 5.32 Å². The van der Waals surface area contributed by atoms with E-state index in [0.717, 1.165) is 4.90 Å². The molecule has 3 N–H and O–H groups in total. The number of rotatable bonds is 5. The molecule has 0 radical (unpaired) electrons. The van der Waals surface area contributed by atoms with Gasteiger partial charge >= 0.3 is 0 Å². The first-order chi connectivity index (χ1) is 8.40. The van der Waals surface area contributed by atoms with Crippen molar-refractivity contribution in [3.63, 3.8) is 0 Å². The van der Waals surface area contributed by atoms with Gasteiger partial charge in [0.15, 0.2) is 0 Å². The van der Waals surface area contributed by atoms with Crippen molar-refractivity contribution in [2.75, 3.05) is 12.3 Å². The largest absolute Gasteiger partial charge is 0.398 e. The Morgan fingerprint density at radius 3 is 2.67 bits per heavy atom. The SMILES string of the molecule is CC(C)CNC(=O)C(C)Sc1ccc(N)c(Cl)c1. The van der Waals surface area contributed by atoms with Gasteiger partial charge in [0, 0.05) is 11.4 Å². The molecule has 0 heterocycles. The third-order valence-corrected chi connectivity index (χ3v) is 3.76. The molecule has 1 unspecified atom stereocenters. The van der Waals surface area contributed by atoms with Crippen LogP contribution in [0.5, 0.6) is 0 Å². The number of anilines is 1. The number of halogens is 1. The first-order valence-corrected chi connectivity index (χ1v) is 7.15. The van der Waals surface area contributed by atoms with Crippen LogP contribution >= 0.6 is 23.4 Å². The van der Waals surface area contributed by atoms with Gasteiger partial charge in [-0.15, -0.1) is 11.8 Å². The molecule has 1 amide bonds. The van der Waals surface area contributed by atoms with E-state index in [1.54, 1.807) is 12.1 Å². The molecule has 18 heavy (non-hydrogen) atoms. The van der Waals surface area contributed by atoms with Gasteiger partial charge in [-0.05, 0) is 31.0 Å². The summed E-state index contributed by atoms with van der Waals surface area (Å²) >= 11 is 7.41. The summed E-state index contributed by atoms with van der Waals surface area (Å²) in [4.78, 5) is 12.8. The maximum atomic E-state index is 11.8. The van der Waals surface area contributed by atoms with Gasteiger partial charge in [-0.25, -0.2) is 0 Å². The van der Waals surface area contributed by atoms with Crippen molar-refractivity contribution >= 4 is 35.0 Å². The van der Waals surface area contributed by atoms with E-state index in [9.17, 15) is 4.79 Å². The van der Waals surface area contributed by atoms with Gasteiger partial charge in [0.05, 0.1) is 16.0 Å². The maximum absolute atomic E-state index is 11.8. The number of hydrogen-bond donors (Lipinski definition) is 2. The standard InChI is InChI=1S/C13H19ClN2OS/c1-8(2)7-16-13(17)9(3)18-10-4-5-12(15)11(14)6-10/h4-6,8-9H,7,15H2,1-3H3,(H,16,17). The lowest BCUT2D eigenvalue weighted by atomic mass is 10.2. The van der Waals surface area contributed by atoms with Gasteiger partial charge in [-0.1, -0.05) is 25.4 Å². The van der Waals surface area contributed by atoms with Crippen molar-refractivity contribution < 1.29 is 4.79 Å². The van der Waals surface area contributed by atoms with Crippen LogP contribution in [0.4, 0.5) is 5.69 Å². The fourth-order valence-corrected chi connectivity index (χ4v) is 2.46. The molecule has 0 saturated carbocycles. The number of benzene rings is 1. The maximum Gasteiger partial charge on any atom is 0.233 e. The minimum Gasteiger partial charge on any atom is -0.398 e. The topological polar surface area (TPSA) is 55.1 Å². The molecule has 5 heteroatoms. The van der Waals surface area contributed by atoms with Crippen molar-refractivity contribution in [3.05, 3.63) is 23.2 Å². The van der Waals surface area contributed by atoms with Crippen LogP contribution in [0.25, 0.3) is 0 Å². The predicted molar refractivity (Wildman–Crippen MR) is 79.0 cm³/mol. The number of nitrogen functional groups attached to an aromatic ring is 1. The summed E-state index contributed by atoms with van der Waals surface area (Å²) < 4.78 is 0. The molecule has 0 aliphatic carbocycles. The van der Waals surface area contributed by atoms with E-state index in [4.69, 9.17) is 17.3 Å². The third-order valence-electron chi connectivity index (χ3n) is 2.34. The Balaban J connectivity index is 2.55. The Bertz CT molecular complexity index is 423. The summed E-state index contributed by atoms with van der Waals surface area (Å²) in [7, 11) is 0. The molecular weight excluding hydrogens is 268 g/mol. The van der Waals surface area contributed by atoms with E-state index in [2.05, 4.69) is 19.2 Å². The minimum absolute atomic E-state index is 0.0432. The Morgan fingerprint density at radius 1 is 1.44 bits per heavy atom. The third kappa shape index (κ3) is 4.78. The summed E-state index contributed by atoms with van der Waals surface area (Å²) in [6.45, 7) is 6.71. The van der Waals surface area contributed by atoms with Crippen molar-refractivity contribution in [2.45, 2.75) is 30.9 Å². The van der Waals surface area contributed by atoms with Crippen LogP contribution in [-0.2, 0) is 4.79 Å². The van der Waals surface area contributed by atoms with E-state index in [-0.39, 0.29) is 11.2 Å². The molecule has 1 aromatic rings. The summed E-state index contributed by atoms with van der Waals surface area (Å²) in [6.07, 6.45) is 0. The Labute approximate surface area is 117 Å². The monoisotopic (exact) mass is 286 g/mol. The number of amides is 1. The molecule has 3 nitrogen and oxygen atoms in total. The van der Waals surface area contributed by atoms with Crippen molar-refractivity contribution in [2.24, 2.45) is 5.92 Å². The van der Waals surface area contributed by atoms with Gasteiger partial charge in [0.1, 0.15) is 0 Å². The number of carbonyl (C=O) groups is 1. The van der Waals surface area contributed by atoms with Gasteiger partial charge in [0.25, 0.3) is 0 Å². The van der Waals surface area contributed by atoms with E-state index >= 15 is 0 Å². The van der Waals surface area contributed by atoms with Gasteiger partial charge in [-0.3, -0.25) is 4.79 Å². The highest BCUT2D eigenvalue weighted by molar-refractivity contribution is 8.00.